The lowest BCUT2D eigenvalue weighted by Crippen LogP contribution is -2.26. The molecule has 1 unspecified atom stereocenters. The molecule has 24 heavy (non-hydrogen) atoms. The number of ether oxygens (including phenoxy) is 3. The summed E-state index contributed by atoms with van der Waals surface area (Å²) in [6.45, 7) is 5.34. The molecule has 0 spiro atoms. The summed E-state index contributed by atoms with van der Waals surface area (Å²) in [5, 5.41) is 0.598. The highest BCUT2D eigenvalue weighted by Crippen LogP contribution is 2.22. The first-order valence-corrected chi connectivity index (χ1v) is 7.73. The minimum Gasteiger partial charge on any atom is -0.479 e. The predicted molar refractivity (Wildman–Crippen MR) is 90.8 cm³/mol. The van der Waals surface area contributed by atoms with Gasteiger partial charge in [-0.2, -0.15) is 0 Å². The van der Waals surface area contributed by atoms with Gasteiger partial charge in [-0.05, 0) is 50.6 Å². The maximum absolute atomic E-state index is 11.8. The van der Waals surface area contributed by atoms with Gasteiger partial charge >= 0.3 is 11.9 Å². The van der Waals surface area contributed by atoms with E-state index in [4.69, 9.17) is 21.1 Å². The minimum atomic E-state index is -0.776. The second-order valence-electron chi connectivity index (χ2n) is 4.68. The molecule has 0 aliphatic rings. The average molecular weight is 351 g/mol. The predicted octanol–water partition coefficient (Wildman–Crippen LogP) is 3.08. The third-order valence-electron chi connectivity index (χ3n) is 2.75. The first-order chi connectivity index (χ1) is 11.4. The van der Waals surface area contributed by atoms with E-state index in [1.54, 1.807) is 32.0 Å². The molecule has 0 aromatic heterocycles. The van der Waals surface area contributed by atoms with Crippen LogP contribution in [-0.2, 0) is 19.1 Å². The summed E-state index contributed by atoms with van der Waals surface area (Å²) in [5.74, 6) is 4.72. The number of benzene rings is 1. The van der Waals surface area contributed by atoms with Crippen LogP contribution in [0.25, 0.3) is 0 Å². The van der Waals surface area contributed by atoms with Crippen LogP contribution in [0.2, 0.25) is 5.02 Å². The molecule has 0 saturated carbocycles. The zero-order valence-electron chi connectivity index (χ0n) is 13.8. The van der Waals surface area contributed by atoms with E-state index in [1.807, 2.05) is 6.92 Å². The van der Waals surface area contributed by atoms with E-state index in [2.05, 4.69) is 16.6 Å². The monoisotopic (exact) mass is 350 g/mol. The van der Waals surface area contributed by atoms with Crippen LogP contribution < -0.4 is 4.74 Å². The maximum Gasteiger partial charge on any atom is 0.347 e. The lowest BCUT2D eigenvalue weighted by molar-refractivity contribution is -0.149. The van der Waals surface area contributed by atoms with E-state index in [9.17, 15) is 9.59 Å². The molecule has 0 fully saturated rings. The fourth-order valence-corrected chi connectivity index (χ4v) is 1.84. The first kappa shape index (κ1) is 19.6. The van der Waals surface area contributed by atoms with Crippen molar-refractivity contribution >= 4 is 23.5 Å². The van der Waals surface area contributed by atoms with Crippen molar-refractivity contribution in [3.8, 4) is 17.6 Å². The van der Waals surface area contributed by atoms with Gasteiger partial charge in [0.15, 0.2) is 12.7 Å². The van der Waals surface area contributed by atoms with Crippen molar-refractivity contribution in [3.63, 3.8) is 0 Å². The van der Waals surface area contributed by atoms with Gasteiger partial charge in [0.05, 0.1) is 6.61 Å². The summed E-state index contributed by atoms with van der Waals surface area (Å²) in [6, 6.07) is 5.13. The number of carbonyl (C=O) groups is 2. The molecule has 1 rings (SSSR count). The molecular formula is C18H19ClO5. The van der Waals surface area contributed by atoms with Crippen molar-refractivity contribution in [2.75, 3.05) is 13.2 Å². The zero-order valence-corrected chi connectivity index (χ0v) is 14.6. The van der Waals surface area contributed by atoms with Gasteiger partial charge in [0.2, 0.25) is 0 Å². The molecule has 0 heterocycles. The number of aryl methyl sites for hydroxylation is 1. The van der Waals surface area contributed by atoms with Gasteiger partial charge in [-0.1, -0.05) is 23.4 Å². The molecule has 1 aromatic rings. The molecule has 1 aromatic carbocycles. The van der Waals surface area contributed by atoms with Crippen LogP contribution in [0.1, 0.15) is 19.4 Å². The van der Waals surface area contributed by atoms with Gasteiger partial charge in [0, 0.05) is 11.1 Å². The molecule has 128 valence electrons. The lowest BCUT2D eigenvalue weighted by Gasteiger charge is -2.14. The van der Waals surface area contributed by atoms with Crippen molar-refractivity contribution in [3.05, 3.63) is 40.9 Å². The number of carbonyl (C=O) groups excluding carboxylic acids is 2. The second-order valence-corrected chi connectivity index (χ2v) is 5.12. The third-order valence-corrected chi connectivity index (χ3v) is 2.99. The van der Waals surface area contributed by atoms with Crippen LogP contribution in [0.5, 0.6) is 5.75 Å². The van der Waals surface area contributed by atoms with Gasteiger partial charge in [-0.15, -0.1) is 0 Å². The molecule has 0 bridgehead atoms. The summed E-state index contributed by atoms with van der Waals surface area (Å²) >= 11 is 5.87. The normalized spacial score (nSPS) is 11.3. The molecular weight excluding hydrogens is 332 g/mol. The standard InChI is InChI=1S/C18H19ClO5/c1-4-22-17(20)8-6-5-7-11-23-18(21)14(3)24-16-10-9-15(19)12-13(16)2/h6,8-10,12,14H,4,11H2,1-3H3. The Morgan fingerprint density at radius 3 is 2.75 bits per heavy atom. The highest BCUT2D eigenvalue weighted by Gasteiger charge is 2.16. The topological polar surface area (TPSA) is 61.8 Å². The van der Waals surface area contributed by atoms with Gasteiger partial charge < -0.3 is 14.2 Å². The molecule has 0 aliphatic carbocycles. The molecule has 0 saturated heterocycles. The Bertz CT molecular complexity index is 670. The molecule has 5 nitrogen and oxygen atoms in total. The van der Waals surface area contributed by atoms with Crippen molar-refractivity contribution < 1.29 is 23.8 Å². The summed E-state index contributed by atoms with van der Waals surface area (Å²) < 4.78 is 15.2. The lowest BCUT2D eigenvalue weighted by atomic mass is 10.2. The molecule has 0 amide bonds. The summed E-state index contributed by atoms with van der Waals surface area (Å²) in [4.78, 5) is 22.8. The van der Waals surface area contributed by atoms with Gasteiger partial charge in [0.1, 0.15) is 5.75 Å². The van der Waals surface area contributed by atoms with Gasteiger partial charge in [0.25, 0.3) is 0 Å². The Morgan fingerprint density at radius 1 is 1.33 bits per heavy atom. The Labute approximate surface area is 146 Å². The van der Waals surface area contributed by atoms with E-state index in [0.717, 1.165) is 5.56 Å². The SMILES string of the molecule is CCOC(=O)C=CC#CCOC(=O)C(C)Oc1ccc(Cl)cc1C. The molecule has 0 N–H and O–H groups in total. The number of hydrogen-bond acceptors (Lipinski definition) is 5. The Kier molecular flexibility index (Phi) is 8.45. The van der Waals surface area contributed by atoms with E-state index < -0.39 is 18.0 Å². The first-order valence-electron chi connectivity index (χ1n) is 7.35. The molecule has 6 heteroatoms. The highest BCUT2D eigenvalue weighted by molar-refractivity contribution is 6.30. The summed E-state index contributed by atoms with van der Waals surface area (Å²) in [7, 11) is 0. The Morgan fingerprint density at radius 2 is 2.08 bits per heavy atom. The van der Waals surface area contributed by atoms with E-state index in [-0.39, 0.29) is 6.61 Å². The summed E-state index contributed by atoms with van der Waals surface area (Å²) in [6.07, 6.45) is 1.76. The largest absolute Gasteiger partial charge is 0.479 e. The van der Waals surface area contributed by atoms with Crippen molar-refractivity contribution in [2.24, 2.45) is 0 Å². The van der Waals surface area contributed by atoms with E-state index >= 15 is 0 Å². The molecule has 0 aliphatic heterocycles. The number of esters is 2. The number of rotatable bonds is 6. The fraction of sp³-hybridized carbons (Fsp3) is 0.333. The van der Waals surface area contributed by atoms with Crippen molar-refractivity contribution in [1.82, 2.24) is 0 Å². The quantitative estimate of drug-likeness (QED) is 0.448. The molecule has 1 atom stereocenters. The average Bonchev–Trinajstić information content (AvgIpc) is 2.53. The van der Waals surface area contributed by atoms with Crippen molar-refractivity contribution in [1.29, 1.82) is 0 Å². The van der Waals surface area contributed by atoms with Crippen LogP contribution in [0.15, 0.2) is 30.4 Å². The second kappa shape index (κ2) is 10.3. The smallest absolute Gasteiger partial charge is 0.347 e. The van der Waals surface area contributed by atoms with Crippen LogP contribution in [0.4, 0.5) is 0 Å². The van der Waals surface area contributed by atoms with Crippen LogP contribution >= 0.6 is 11.6 Å². The van der Waals surface area contributed by atoms with Gasteiger partial charge in [-0.3, -0.25) is 0 Å². The van der Waals surface area contributed by atoms with E-state index in [1.165, 1.54) is 12.2 Å². The summed E-state index contributed by atoms with van der Waals surface area (Å²) in [5.41, 5.74) is 0.825. The fourth-order valence-electron chi connectivity index (χ4n) is 1.61. The third kappa shape index (κ3) is 7.21. The van der Waals surface area contributed by atoms with Gasteiger partial charge in [-0.25, -0.2) is 9.59 Å². The number of hydrogen-bond donors (Lipinski definition) is 0. The molecule has 0 radical (unpaired) electrons. The highest BCUT2D eigenvalue weighted by atomic mass is 35.5. The van der Waals surface area contributed by atoms with Crippen LogP contribution in [0.3, 0.4) is 0 Å². The maximum atomic E-state index is 11.8. The Balaban J connectivity index is 2.41. The minimum absolute atomic E-state index is 0.0979. The Hall–Kier alpha value is -2.45. The van der Waals surface area contributed by atoms with E-state index in [0.29, 0.717) is 17.4 Å². The number of halogens is 1. The van der Waals surface area contributed by atoms with Crippen LogP contribution in [-0.4, -0.2) is 31.3 Å². The van der Waals surface area contributed by atoms with Crippen LogP contribution in [0, 0.1) is 18.8 Å². The number of allylic oxidation sites excluding steroid dienone is 1. The van der Waals surface area contributed by atoms with Crippen molar-refractivity contribution in [2.45, 2.75) is 26.9 Å². The zero-order chi connectivity index (χ0) is 17.9.